The van der Waals surface area contributed by atoms with Crippen LogP contribution in [0.25, 0.3) is 0 Å². The minimum atomic E-state index is -0.685. The fraction of sp³-hybridized carbons (Fsp3) is 0.333. The zero-order chi connectivity index (χ0) is 11.4. The van der Waals surface area contributed by atoms with Crippen molar-refractivity contribution in [3.05, 3.63) is 25.5 Å². The third kappa shape index (κ3) is 13.0. The van der Waals surface area contributed by atoms with E-state index in [9.17, 15) is 9.59 Å². The molecule has 0 atom stereocenters. The number of ether oxygens (including phenoxy) is 2. The number of hydrogen-bond acceptors (Lipinski definition) is 5. The summed E-state index contributed by atoms with van der Waals surface area (Å²) in [6.45, 7) is 7.88. The van der Waals surface area contributed by atoms with Crippen molar-refractivity contribution >= 4 is 11.9 Å². The van der Waals surface area contributed by atoms with Crippen LogP contribution in [0.2, 0.25) is 0 Å². The Hall–Kier alpha value is -1.62. The highest BCUT2D eigenvalue weighted by Crippen LogP contribution is 1.74. The van der Waals surface area contributed by atoms with Gasteiger partial charge in [0.1, 0.15) is 6.61 Å². The monoisotopic (exact) mass is 202 g/mol. The van der Waals surface area contributed by atoms with Crippen LogP contribution in [-0.2, 0) is 19.1 Å². The predicted octanol–water partition coefficient (Wildman–Crippen LogP) is 0.401. The first kappa shape index (κ1) is 14.9. The van der Waals surface area contributed by atoms with Gasteiger partial charge in [0.15, 0.2) is 0 Å². The fourth-order valence-electron chi connectivity index (χ4n) is 0.331. The first-order valence-corrected chi connectivity index (χ1v) is 3.82. The van der Waals surface area contributed by atoms with Gasteiger partial charge in [-0.1, -0.05) is 13.2 Å². The van der Waals surface area contributed by atoms with Gasteiger partial charge in [-0.25, -0.2) is 9.59 Å². The van der Waals surface area contributed by atoms with Crippen LogP contribution in [-0.4, -0.2) is 30.3 Å². The summed E-state index contributed by atoms with van der Waals surface area (Å²) in [5.41, 5.74) is 0. The number of rotatable bonds is 4. The average molecular weight is 202 g/mol. The van der Waals surface area contributed by atoms with Gasteiger partial charge in [-0.2, -0.15) is 0 Å². The van der Waals surface area contributed by atoms with Gasteiger partial charge in [0.25, 0.3) is 0 Å². The van der Waals surface area contributed by atoms with Gasteiger partial charge < -0.3 is 14.6 Å². The van der Waals surface area contributed by atoms with Gasteiger partial charge in [0, 0.05) is 6.08 Å². The van der Waals surface area contributed by atoms with Crippen LogP contribution in [0, 0.1) is 0 Å². The van der Waals surface area contributed by atoms with Crippen LogP contribution in [0.1, 0.15) is 6.92 Å². The molecule has 0 spiro atoms. The third-order valence-electron chi connectivity index (χ3n) is 0.797. The summed E-state index contributed by atoms with van der Waals surface area (Å²) >= 11 is 0. The molecule has 0 aliphatic rings. The summed E-state index contributed by atoms with van der Waals surface area (Å²) in [5.74, 6) is -1.04. The van der Waals surface area contributed by atoms with E-state index in [1.165, 1.54) is 0 Å². The number of carbonyl (C=O) groups excluding carboxylic acids is 2. The zero-order valence-corrected chi connectivity index (χ0v) is 8.06. The van der Waals surface area contributed by atoms with Gasteiger partial charge in [-0.05, 0) is 6.92 Å². The minimum absolute atomic E-state index is 0.359. The first-order valence-electron chi connectivity index (χ1n) is 3.82. The van der Waals surface area contributed by atoms with E-state index in [2.05, 4.69) is 22.6 Å². The maximum atomic E-state index is 10.1. The lowest BCUT2D eigenvalue weighted by Crippen LogP contribution is -2.03. The maximum absolute atomic E-state index is 10.1. The van der Waals surface area contributed by atoms with E-state index in [-0.39, 0.29) is 5.97 Å². The van der Waals surface area contributed by atoms with Crippen molar-refractivity contribution in [1.82, 2.24) is 0 Å². The normalized spacial score (nSPS) is 7.57. The summed E-state index contributed by atoms with van der Waals surface area (Å²) in [5, 5.41) is 7.94. The first-order chi connectivity index (χ1) is 6.62. The van der Waals surface area contributed by atoms with E-state index in [4.69, 9.17) is 5.11 Å². The van der Waals surface area contributed by atoms with Crippen molar-refractivity contribution in [2.45, 2.75) is 6.92 Å². The summed E-state index contributed by atoms with van der Waals surface area (Å²) in [6.07, 6.45) is 2.11. The van der Waals surface area contributed by atoms with Crippen LogP contribution in [0.5, 0.6) is 0 Å². The van der Waals surface area contributed by atoms with Crippen molar-refractivity contribution in [2.75, 3.05) is 13.2 Å². The lowest BCUT2D eigenvalue weighted by Gasteiger charge is -1.90. The van der Waals surface area contributed by atoms with Gasteiger partial charge in [0.05, 0.1) is 12.9 Å². The van der Waals surface area contributed by atoms with E-state index in [0.29, 0.717) is 6.61 Å². The Bertz CT molecular complexity index is 197. The van der Waals surface area contributed by atoms with Crippen molar-refractivity contribution in [1.29, 1.82) is 0 Å². The second kappa shape index (κ2) is 11.4. The smallest absolute Gasteiger partial charge is 0.336 e. The summed E-state index contributed by atoms with van der Waals surface area (Å²) in [6, 6.07) is 0. The van der Waals surface area contributed by atoms with Crippen LogP contribution in [0.4, 0.5) is 0 Å². The standard InChI is InChI=1S/C5H8O2.C4H6O3/c1-3-5(6)7-4-2;1-2-7-4(6)3-5/h3H,1,4H2,2H3;2,5H,1,3H2. The summed E-state index contributed by atoms with van der Waals surface area (Å²) in [7, 11) is 0. The molecule has 5 heteroatoms. The van der Waals surface area contributed by atoms with Crippen LogP contribution < -0.4 is 0 Å². The molecule has 14 heavy (non-hydrogen) atoms. The van der Waals surface area contributed by atoms with Gasteiger partial charge in [-0.3, -0.25) is 0 Å². The molecule has 0 radical (unpaired) electrons. The number of hydrogen-bond donors (Lipinski definition) is 1. The molecule has 80 valence electrons. The molecule has 0 saturated heterocycles. The lowest BCUT2D eigenvalue weighted by atomic mass is 10.6. The molecule has 0 bridgehead atoms. The minimum Gasteiger partial charge on any atom is -0.463 e. The van der Waals surface area contributed by atoms with Gasteiger partial charge in [0.2, 0.25) is 0 Å². The topological polar surface area (TPSA) is 72.8 Å². The molecule has 0 aliphatic heterocycles. The second-order valence-corrected chi connectivity index (χ2v) is 1.77. The molecule has 0 heterocycles. The largest absolute Gasteiger partial charge is 0.463 e. The molecule has 0 aromatic heterocycles. The van der Waals surface area contributed by atoms with E-state index < -0.39 is 12.6 Å². The molecule has 0 aliphatic carbocycles. The summed E-state index contributed by atoms with van der Waals surface area (Å²) < 4.78 is 8.50. The molecule has 0 saturated carbocycles. The molecule has 0 rings (SSSR count). The predicted molar refractivity (Wildman–Crippen MR) is 50.2 cm³/mol. The van der Waals surface area contributed by atoms with E-state index >= 15 is 0 Å². The molecule has 0 fully saturated rings. The summed E-state index contributed by atoms with van der Waals surface area (Å²) in [4.78, 5) is 19.9. The zero-order valence-electron chi connectivity index (χ0n) is 8.06. The molecule has 5 nitrogen and oxygen atoms in total. The van der Waals surface area contributed by atoms with Crippen LogP contribution in [0.3, 0.4) is 0 Å². The molecule has 0 unspecified atom stereocenters. The quantitative estimate of drug-likeness (QED) is 0.406. The number of esters is 2. The van der Waals surface area contributed by atoms with Crippen molar-refractivity contribution in [3.8, 4) is 0 Å². The number of aliphatic hydroxyl groups is 1. The van der Waals surface area contributed by atoms with Crippen LogP contribution >= 0.6 is 0 Å². The Balaban J connectivity index is 0. The Morgan fingerprint density at radius 2 is 2.00 bits per heavy atom. The third-order valence-corrected chi connectivity index (χ3v) is 0.797. The van der Waals surface area contributed by atoms with Crippen LogP contribution in [0.15, 0.2) is 25.5 Å². The highest BCUT2D eigenvalue weighted by molar-refractivity contribution is 5.81. The molecule has 0 aromatic rings. The molecule has 0 amide bonds. The average Bonchev–Trinajstić information content (AvgIpc) is 2.19. The van der Waals surface area contributed by atoms with Crippen molar-refractivity contribution in [3.63, 3.8) is 0 Å². The van der Waals surface area contributed by atoms with Crippen molar-refractivity contribution < 1.29 is 24.2 Å². The SMILES string of the molecule is C=CC(=O)OCC.C=COC(=O)CO. The number of aliphatic hydroxyl groups excluding tert-OH is 1. The second-order valence-electron chi connectivity index (χ2n) is 1.77. The van der Waals surface area contributed by atoms with E-state index in [1.54, 1.807) is 6.92 Å². The van der Waals surface area contributed by atoms with Gasteiger partial charge in [-0.15, -0.1) is 0 Å². The lowest BCUT2D eigenvalue weighted by molar-refractivity contribution is -0.141. The molecule has 0 aromatic carbocycles. The highest BCUT2D eigenvalue weighted by atomic mass is 16.5. The number of carbonyl (C=O) groups is 2. The fourth-order valence-corrected chi connectivity index (χ4v) is 0.331. The maximum Gasteiger partial charge on any atom is 0.336 e. The van der Waals surface area contributed by atoms with E-state index in [0.717, 1.165) is 12.3 Å². The molecular weight excluding hydrogens is 188 g/mol. The Morgan fingerprint density at radius 1 is 1.43 bits per heavy atom. The highest BCUT2D eigenvalue weighted by Gasteiger charge is 1.91. The van der Waals surface area contributed by atoms with E-state index in [1.807, 2.05) is 0 Å². The van der Waals surface area contributed by atoms with Crippen molar-refractivity contribution in [2.24, 2.45) is 0 Å². The molecule has 1 N–H and O–H groups in total. The Kier molecular flexibility index (Phi) is 12.1. The Labute approximate surface area is 82.6 Å². The van der Waals surface area contributed by atoms with Gasteiger partial charge >= 0.3 is 11.9 Å². The molecular formula is C9H14O5. The Morgan fingerprint density at radius 3 is 2.14 bits per heavy atom.